The number of benzene rings is 1. The quantitative estimate of drug-likeness (QED) is 0.907. The van der Waals surface area contributed by atoms with Crippen molar-refractivity contribution in [2.45, 2.75) is 40.2 Å². The summed E-state index contributed by atoms with van der Waals surface area (Å²) in [4.78, 5) is 26.5. The monoisotopic (exact) mass is 292 g/mol. The molecule has 1 atom stereocenters. The fourth-order valence-corrected chi connectivity index (χ4v) is 2.26. The minimum absolute atomic E-state index is 0.123. The van der Waals surface area contributed by atoms with Crippen molar-refractivity contribution in [1.29, 1.82) is 0 Å². The molecule has 0 aliphatic rings. The molecule has 21 heavy (non-hydrogen) atoms. The Labute approximate surface area is 126 Å². The Morgan fingerprint density at radius 3 is 2.38 bits per heavy atom. The summed E-state index contributed by atoms with van der Waals surface area (Å²) in [6.45, 7) is 7.44. The molecule has 1 N–H and O–H groups in total. The maximum atomic E-state index is 12.6. The Balaban J connectivity index is 3.04. The van der Waals surface area contributed by atoms with Gasteiger partial charge >= 0.3 is 12.0 Å². The maximum absolute atomic E-state index is 12.6. The zero-order valence-corrected chi connectivity index (χ0v) is 13.4. The van der Waals surface area contributed by atoms with E-state index >= 15 is 0 Å². The second kappa shape index (κ2) is 7.11. The number of carboxylic acid groups (broad SMARTS) is 1. The number of hydrogen-bond donors (Lipinski definition) is 1. The molecule has 1 unspecified atom stereocenters. The van der Waals surface area contributed by atoms with E-state index in [1.54, 1.807) is 7.05 Å². The van der Waals surface area contributed by atoms with Crippen LogP contribution in [0.5, 0.6) is 0 Å². The molecule has 0 spiro atoms. The molecule has 0 bridgehead atoms. The highest BCUT2D eigenvalue weighted by molar-refractivity contribution is 5.94. The van der Waals surface area contributed by atoms with Crippen molar-refractivity contribution in [2.24, 2.45) is 0 Å². The minimum atomic E-state index is -1.00. The van der Waals surface area contributed by atoms with Crippen LogP contribution >= 0.6 is 0 Å². The molecule has 0 aliphatic carbocycles. The Kier molecular flexibility index (Phi) is 5.76. The lowest BCUT2D eigenvalue weighted by Crippen LogP contribution is -2.48. The molecule has 2 amide bonds. The second-order valence-electron chi connectivity index (χ2n) is 5.41. The Bertz CT molecular complexity index is 528. The van der Waals surface area contributed by atoms with E-state index in [0.29, 0.717) is 6.42 Å². The van der Waals surface area contributed by atoms with Crippen LogP contribution in [0, 0.1) is 13.8 Å². The molecule has 0 heterocycles. The lowest BCUT2D eigenvalue weighted by atomic mass is 10.1. The van der Waals surface area contributed by atoms with E-state index in [0.717, 1.165) is 16.8 Å². The zero-order chi connectivity index (χ0) is 16.2. The van der Waals surface area contributed by atoms with Gasteiger partial charge in [0.25, 0.3) is 0 Å². The van der Waals surface area contributed by atoms with Gasteiger partial charge in [-0.25, -0.2) is 4.79 Å². The first-order valence-corrected chi connectivity index (χ1v) is 7.11. The number of carboxylic acids is 1. The second-order valence-corrected chi connectivity index (χ2v) is 5.41. The number of urea groups is 1. The van der Waals surface area contributed by atoms with Crippen LogP contribution in [0.2, 0.25) is 0 Å². The number of anilines is 1. The van der Waals surface area contributed by atoms with E-state index in [1.165, 1.54) is 9.80 Å². The van der Waals surface area contributed by atoms with Gasteiger partial charge < -0.3 is 10.0 Å². The molecule has 1 aromatic carbocycles. The van der Waals surface area contributed by atoms with Gasteiger partial charge in [-0.3, -0.25) is 9.69 Å². The zero-order valence-electron chi connectivity index (χ0n) is 13.4. The number of carbonyl (C=O) groups excluding carboxylic acids is 1. The Morgan fingerprint density at radius 2 is 1.90 bits per heavy atom. The van der Waals surface area contributed by atoms with Gasteiger partial charge in [0.15, 0.2) is 0 Å². The van der Waals surface area contributed by atoms with Crippen molar-refractivity contribution in [2.75, 3.05) is 18.5 Å². The first kappa shape index (κ1) is 17.0. The molecule has 0 fully saturated rings. The van der Waals surface area contributed by atoms with Crippen LogP contribution in [0.15, 0.2) is 18.2 Å². The number of amides is 2. The summed E-state index contributed by atoms with van der Waals surface area (Å²) in [6.07, 6.45) is 0.708. The lowest BCUT2D eigenvalue weighted by Gasteiger charge is -2.32. The van der Waals surface area contributed by atoms with Crippen LogP contribution in [0.3, 0.4) is 0 Å². The summed E-state index contributed by atoms with van der Waals surface area (Å²) >= 11 is 0. The van der Waals surface area contributed by atoms with Gasteiger partial charge in [0.05, 0.1) is 0 Å². The van der Waals surface area contributed by atoms with Gasteiger partial charge in [-0.2, -0.15) is 0 Å². The summed E-state index contributed by atoms with van der Waals surface area (Å²) in [5, 5.41) is 9.01. The summed E-state index contributed by atoms with van der Waals surface area (Å²) in [6, 6.07) is 5.42. The van der Waals surface area contributed by atoms with E-state index in [9.17, 15) is 9.59 Å². The van der Waals surface area contributed by atoms with Crippen molar-refractivity contribution in [3.63, 3.8) is 0 Å². The van der Waals surface area contributed by atoms with Crippen molar-refractivity contribution in [3.05, 3.63) is 29.3 Å². The summed E-state index contributed by atoms with van der Waals surface area (Å²) in [5.41, 5.74) is 2.91. The summed E-state index contributed by atoms with van der Waals surface area (Å²) in [5.74, 6) is -1.00. The van der Waals surface area contributed by atoms with Gasteiger partial charge in [-0.15, -0.1) is 0 Å². The minimum Gasteiger partial charge on any atom is -0.480 e. The third kappa shape index (κ3) is 4.21. The fraction of sp³-hybridized carbons (Fsp3) is 0.500. The smallest absolute Gasteiger partial charge is 0.324 e. The molecular weight excluding hydrogens is 268 g/mol. The standard InChI is InChI=1S/C16H24N2O3/c1-6-13(4)18(10-15(19)20)16(21)17(5)14-8-7-11(2)9-12(14)3/h7-9,13H,6,10H2,1-5H3,(H,19,20). The summed E-state index contributed by atoms with van der Waals surface area (Å²) in [7, 11) is 1.68. The first-order chi connectivity index (χ1) is 9.77. The highest BCUT2D eigenvalue weighted by atomic mass is 16.4. The van der Waals surface area contributed by atoms with Crippen molar-refractivity contribution < 1.29 is 14.7 Å². The lowest BCUT2D eigenvalue weighted by molar-refractivity contribution is -0.138. The van der Waals surface area contributed by atoms with Crippen LogP contribution < -0.4 is 4.90 Å². The number of carbonyl (C=O) groups is 2. The predicted molar refractivity (Wildman–Crippen MR) is 83.8 cm³/mol. The molecule has 5 nitrogen and oxygen atoms in total. The molecule has 1 rings (SSSR count). The van der Waals surface area contributed by atoms with Crippen LogP contribution in [0.1, 0.15) is 31.4 Å². The highest BCUT2D eigenvalue weighted by Gasteiger charge is 2.25. The highest BCUT2D eigenvalue weighted by Crippen LogP contribution is 2.22. The number of aryl methyl sites for hydroxylation is 2. The molecule has 1 aromatic rings. The van der Waals surface area contributed by atoms with Crippen LogP contribution in [-0.4, -0.2) is 41.6 Å². The number of rotatable bonds is 5. The van der Waals surface area contributed by atoms with Crippen LogP contribution in [-0.2, 0) is 4.79 Å². The molecule has 0 aromatic heterocycles. The third-order valence-electron chi connectivity index (χ3n) is 3.67. The molecule has 0 aliphatic heterocycles. The van der Waals surface area contributed by atoms with Crippen molar-refractivity contribution in [1.82, 2.24) is 4.90 Å². The van der Waals surface area contributed by atoms with Gasteiger partial charge in [-0.1, -0.05) is 24.6 Å². The molecule has 116 valence electrons. The summed E-state index contributed by atoms with van der Waals surface area (Å²) < 4.78 is 0. The van der Waals surface area contributed by atoms with Gasteiger partial charge in [0.1, 0.15) is 6.54 Å². The van der Waals surface area contributed by atoms with Crippen molar-refractivity contribution >= 4 is 17.7 Å². The largest absolute Gasteiger partial charge is 0.480 e. The first-order valence-electron chi connectivity index (χ1n) is 7.11. The molecular formula is C16H24N2O3. The van der Waals surface area contributed by atoms with Gasteiger partial charge in [0, 0.05) is 18.8 Å². The molecule has 5 heteroatoms. The van der Waals surface area contributed by atoms with Gasteiger partial charge in [-0.05, 0) is 38.8 Å². The Morgan fingerprint density at radius 1 is 1.29 bits per heavy atom. The third-order valence-corrected chi connectivity index (χ3v) is 3.67. The van der Waals surface area contributed by atoms with Crippen molar-refractivity contribution in [3.8, 4) is 0 Å². The number of aliphatic carboxylic acids is 1. The molecule has 0 radical (unpaired) electrons. The van der Waals surface area contributed by atoms with E-state index < -0.39 is 5.97 Å². The van der Waals surface area contributed by atoms with Crippen LogP contribution in [0.4, 0.5) is 10.5 Å². The normalized spacial score (nSPS) is 11.9. The maximum Gasteiger partial charge on any atom is 0.324 e. The average molecular weight is 292 g/mol. The number of nitrogens with zero attached hydrogens (tertiary/aromatic N) is 2. The average Bonchev–Trinajstić information content (AvgIpc) is 2.42. The predicted octanol–water partition coefficient (Wildman–Crippen LogP) is 3.04. The molecule has 0 saturated carbocycles. The van der Waals surface area contributed by atoms with Crippen LogP contribution in [0.25, 0.3) is 0 Å². The van der Waals surface area contributed by atoms with E-state index in [-0.39, 0.29) is 18.6 Å². The van der Waals surface area contributed by atoms with E-state index in [1.807, 2.05) is 45.9 Å². The fourth-order valence-electron chi connectivity index (χ4n) is 2.26. The Hall–Kier alpha value is -2.04. The topological polar surface area (TPSA) is 60.9 Å². The van der Waals surface area contributed by atoms with Gasteiger partial charge in [0.2, 0.25) is 0 Å². The SMILES string of the molecule is CCC(C)N(CC(=O)O)C(=O)N(C)c1ccc(C)cc1C. The van der Waals surface area contributed by atoms with E-state index in [4.69, 9.17) is 5.11 Å². The number of hydrogen-bond acceptors (Lipinski definition) is 2. The van der Waals surface area contributed by atoms with E-state index in [2.05, 4.69) is 0 Å². The molecule has 0 saturated heterocycles.